The minimum Gasteiger partial charge on any atom is -0.322 e. The zero-order valence-corrected chi connectivity index (χ0v) is 11.8. The molecule has 21 heavy (non-hydrogen) atoms. The molecular formula is C13H7Cl2FN2O3. The number of nitro groups is 1. The molecule has 0 aliphatic heterocycles. The lowest BCUT2D eigenvalue weighted by Crippen LogP contribution is -2.12. The van der Waals surface area contributed by atoms with E-state index in [-0.39, 0.29) is 27.0 Å². The maximum atomic E-state index is 13.3. The van der Waals surface area contributed by atoms with Gasteiger partial charge in [0.1, 0.15) is 5.82 Å². The van der Waals surface area contributed by atoms with E-state index in [0.717, 1.165) is 18.2 Å². The lowest BCUT2D eigenvalue weighted by molar-refractivity contribution is -0.384. The Hall–Kier alpha value is -2.18. The van der Waals surface area contributed by atoms with E-state index in [4.69, 9.17) is 23.2 Å². The highest BCUT2D eigenvalue weighted by atomic mass is 35.5. The quantitative estimate of drug-likeness (QED) is 0.674. The monoisotopic (exact) mass is 328 g/mol. The molecule has 0 heterocycles. The third-order valence-corrected chi connectivity index (χ3v) is 3.20. The molecular weight excluding hydrogens is 322 g/mol. The lowest BCUT2D eigenvalue weighted by atomic mass is 10.2. The van der Waals surface area contributed by atoms with Crippen LogP contribution in [0.3, 0.4) is 0 Å². The Kier molecular flexibility index (Phi) is 4.40. The smallest absolute Gasteiger partial charge is 0.270 e. The van der Waals surface area contributed by atoms with Crippen LogP contribution in [-0.2, 0) is 0 Å². The molecule has 0 unspecified atom stereocenters. The van der Waals surface area contributed by atoms with Crippen molar-refractivity contribution in [2.75, 3.05) is 5.32 Å². The topological polar surface area (TPSA) is 72.2 Å². The highest BCUT2D eigenvalue weighted by Gasteiger charge is 2.15. The van der Waals surface area contributed by atoms with Crippen LogP contribution in [0.15, 0.2) is 36.4 Å². The van der Waals surface area contributed by atoms with Crippen LogP contribution in [0.5, 0.6) is 0 Å². The van der Waals surface area contributed by atoms with Crippen molar-refractivity contribution in [3.63, 3.8) is 0 Å². The van der Waals surface area contributed by atoms with Gasteiger partial charge in [0.25, 0.3) is 11.6 Å². The summed E-state index contributed by atoms with van der Waals surface area (Å²) in [5.41, 5.74) is 0.00281. The third kappa shape index (κ3) is 3.48. The van der Waals surface area contributed by atoms with Gasteiger partial charge in [-0.25, -0.2) is 4.39 Å². The molecule has 1 amide bonds. The molecule has 108 valence electrons. The standard InChI is InChI=1S/C13H7Cl2FN2O3/c14-10-4-1-7(5-12(10)16)17-13(19)9-3-2-8(18(20)21)6-11(9)15/h1-6H,(H,17,19). The lowest BCUT2D eigenvalue weighted by Gasteiger charge is -2.07. The average molecular weight is 329 g/mol. The van der Waals surface area contributed by atoms with Crippen LogP contribution in [0, 0.1) is 15.9 Å². The fourth-order valence-corrected chi connectivity index (χ4v) is 1.95. The molecule has 0 aromatic heterocycles. The molecule has 2 aromatic carbocycles. The van der Waals surface area contributed by atoms with Crippen molar-refractivity contribution in [1.82, 2.24) is 0 Å². The van der Waals surface area contributed by atoms with Gasteiger partial charge in [-0.1, -0.05) is 23.2 Å². The average Bonchev–Trinajstić information content (AvgIpc) is 2.42. The number of non-ortho nitro benzene ring substituents is 1. The number of anilines is 1. The highest BCUT2D eigenvalue weighted by molar-refractivity contribution is 6.34. The Labute approximate surface area is 128 Å². The van der Waals surface area contributed by atoms with Crippen molar-refractivity contribution in [2.45, 2.75) is 0 Å². The second kappa shape index (κ2) is 6.07. The van der Waals surface area contributed by atoms with Gasteiger partial charge in [0.15, 0.2) is 0 Å². The highest BCUT2D eigenvalue weighted by Crippen LogP contribution is 2.24. The molecule has 8 heteroatoms. The van der Waals surface area contributed by atoms with Gasteiger partial charge in [0, 0.05) is 17.8 Å². The SMILES string of the molecule is O=C(Nc1ccc(Cl)c(F)c1)c1ccc([N+](=O)[O-])cc1Cl. The molecule has 0 aliphatic rings. The Morgan fingerprint density at radius 1 is 1.14 bits per heavy atom. The van der Waals surface area contributed by atoms with Gasteiger partial charge in [0.05, 0.1) is 20.5 Å². The molecule has 0 aliphatic carbocycles. The largest absolute Gasteiger partial charge is 0.322 e. The van der Waals surface area contributed by atoms with Crippen LogP contribution in [0.4, 0.5) is 15.8 Å². The number of nitrogens with zero attached hydrogens (tertiary/aromatic N) is 1. The number of nitro benzene ring substituents is 1. The molecule has 2 aromatic rings. The number of halogens is 3. The predicted molar refractivity (Wildman–Crippen MR) is 77.5 cm³/mol. The van der Waals surface area contributed by atoms with Crippen LogP contribution in [0.1, 0.15) is 10.4 Å². The number of hydrogen-bond donors (Lipinski definition) is 1. The minimum absolute atomic E-state index is 0.0395. The number of carbonyl (C=O) groups is 1. The van der Waals surface area contributed by atoms with Gasteiger partial charge in [-0.2, -0.15) is 0 Å². The zero-order chi connectivity index (χ0) is 15.6. The van der Waals surface area contributed by atoms with Gasteiger partial charge < -0.3 is 5.32 Å². The maximum absolute atomic E-state index is 13.3. The first-order chi connectivity index (χ1) is 9.88. The van der Waals surface area contributed by atoms with Crippen molar-refractivity contribution in [2.24, 2.45) is 0 Å². The molecule has 0 fully saturated rings. The van der Waals surface area contributed by atoms with Gasteiger partial charge in [-0.3, -0.25) is 14.9 Å². The fraction of sp³-hybridized carbons (Fsp3) is 0. The van der Waals surface area contributed by atoms with Crippen molar-refractivity contribution in [3.05, 3.63) is 67.9 Å². The number of carbonyl (C=O) groups excluding carboxylic acids is 1. The number of amides is 1. The summed E-state index contributed by atoms with van der Waals surface area (Å²) in [6.45, 7) is 0. The summed E-state index contributed by atoms with van der Waals surface area (Å²) in [6.07, 6.45) is 0. The Morgan fingerprint density at radius 2 is 1.86 bits per heavy atom. The van der Waals surface area contributed by atoms with E-state index in [1.54, 1.807) is 0 Å². The maximum Gasteiger partial charge on any atom is 0.270 e. The van der Waals surface area contributed by atoms with Crippen molar-refractivity contribution < 1.29 is 14.1 Å². The zero-order valence-electron chi connectivity index (χ0n) is 10.3. The number of rotatable bonds is 3. The van der Waals surface area contributed by atoms with E-state index < -0.39 is 16.6 Å². The second-order valence-corrected chi connectivity index (χ2v) is 4.82. The van der Waals surface area contributed by atoms with Crippen molar-refractivity contribution in [1.29, 1.82) is 0 Å². The molecule has 1 N–H and O–H groups in total. The first kappa shape index (κ1) is 15.2. The van der Waals surface area contributed by atoms with E-state index in [2.05, 4.69) is 5.32 Å². The molecule has 0 radical (unpaired) electrons. The summed E-state index contributed by atoms with van der Waals surface area (Å²) in [5, 5.41) is 12.9. The summed E-state index contributed by atoms with van der Waals surface area (Å²) in [7, 11) is 0. The Bertz CT molecular complexity index is 737. The predicted octanol–water partition coefficient (Wildman–Crippen LogP) is 4.29. The van der Waals surface area contributed by atoms with Crippen molar-refractivity contribution in [3.8, 4) is 0 Å². The minimum atomic E-state index is -0.677. The van der Waals surface area contributed by atoms with Crippen LogP contribution in [0.25, 0.3) is 0 Å². The number of hydrogen-bond acceptors (Lipinski definition) is 3. The molecule has 0 saturated heterocycles. The van der Waals surface area contributed by atoms with E-state index in [9.17, 15) is 19.3 Å². The molecule has 0 spiro atoms. The van der Waals surface area contributed by atoms with Gasteiger partial charge >= 0.3 is 0 Å². The summed E-state index contributed by atoms with van der Waals surface area (Å²) in [4.78, 5) is 22.0. The summed E-state index contributed by atoms with van der Waals surface area (Å²) >= 11 is 11.4. The Balaban J connectivity index is 2.24. The van der Waals surface area contributed by atoms with E-state index in [1.165, 1.54) is 18.2 Å². The summed E-state index contributed by atoms with van der Waals surface area (Å²) < 4.78 is 13.3. The first-order valence-electron chi connectivity index (χ1n) is 5.59. The van der Waals surface area contributed by atoms with Crippen LogP contribution < -0.4 is 5.32 Å². The van der Waals surface area contributed by atoms with Gasteiger partial charge in [-0.05, 0) is 24.3 Å². The molecule has 5 nitrogen and oxygen atoms in total. The van der Waals surface area contributed by atoms with Crippen molar-refractivity contribution >= 4 is 40.5 Å². The summed E-state index contributed by atoms with van der Waals surface area (Å²) in [5.74, 6) is -1.29. The molecule has 2 rings (SSSR count). The molecule has 0 atom stereocenters. The van der Waals surface area contributed by atoms with Gasteiger partial charge in [-0.15, -0.1) is 0 Å². The van der Waals surface area contributed by atoms with Crippen LogP contribution in [0.2, 0.25) is 10.0 Å². The van der Waals surface area contributed by atoms with Crippen LogP contribution in [-0.4, -0.2) is 10.8 Å². The first-order valence-corrected chi connectivity index (χ1v) is 6.34. The van der Waals surface area contributed by atoms with E-state index >= 15 is 0 Å². The number of nitrogens with one attached hydrogen (secondary N) is 1. The van der Waals surface area contributed by atoms with Gasteiger partial charge in [0.2, 0.25) is 0 Å². The second-order valence-electron chi connectivity index (χ2n) is 4.00. The Morgan fingerprint density at radius 3 is 2.43 bits per heavy atom. The third-order valence-electron chi connectivity index (χ3n) is 2.59. The van der Waals surface area contributed by atoms with Crippen LogP contribution >= 0.6 is 23.2 Å². The number of benzene rings is 2. The van der Waals surface area contributed by atoms with E-state index in [0.29, 0.717) is 0 Å². The molecule has 0 bridgehead atoms. The van der Waals surface area contributed by atoms with E-state index in [1.807, 2.05) is 0 Å². The normalized spacial score (nSPS) is 10.2. The molecule has 0 saturated carbocycles. The fourth-order valence-electron chi connectivity index (χ4n) is 1.57. The summed E-state index contributed by atoms with van der Waals surface area (Å²) in [6, 6.07) is 7.22.